The topological polar surface area (TPSA) is 53.7 Å². The third-order valence-electron chi connectivity index (χ3n) is 5.27. The first-order chi connectivity index (χ1) is 12.7. The molecule has 1 aliphatic rings. The molecule has 26 heavy (non-hydrogen) atoms. The van der Waals surface area contributed by atoms with E-state index in [1.807, 2.05) is 6.92 Å². The average Bonchev–Trinajstić information content (AvgIpc) is 3.23. The van der Waals surface area contributed by atoms with Gasteiger partial charge >= 0.3 is 0 Å². The SMILES string of the molecule is CCc1ccc([C@@H](c2sc3nc(CC)nn3c2O)N2CCCCC2)cc1. The number of thiazole rings is 1. The third-order valence-corrected chi connectivity index (χ3v) is 6.34. The van der Waals surface area contributed by atoms with Gasteiger partial charge in [0, 0.05) is 6.42 Å². The van der Waals surface area contributed by atoms with Crippen molar-refractivity contribution in [2.24, 2.45) is 0 Å². The van der Waals surface area contributed by atoms with E-state index < -0.39 is 0 Å². The Bertz CT molecular complexity index is 877. The molecule has 0 bridgehead atoms. The predicted molar refractivity (Wildman–Crippen MR) is 105 cm³/mol. The van der Waals surface area contributed by atoms with Gasteiger partial charge in [0.15, 0.2) is 5.82 Å². The summed E-state index contributed by atoms with van der Waals surface area (Å²) in [7, 11) is 0. The third kappa shape index (κ3) is 3.12. The van der Waals surface area contributed by atoms with E-state index >= 15 is 0 Å². The fourth-order valence-corrected chi connectivity index (χ4v) is 4.89. The smallest absolute Gasteiger partial charge is 0.230 e. The predicted octanol–water partition coefficient (Wildman–Crippen LogP) is 4.20. The molecule has 1 N–H and O–H groups in total. The molecule has 6 heteroatoms. The van der Waals surface area contributed by atoms with Crippen LogP contribution in [0.4, 0.5) is 0 Å². The van der Waals surface area contributed by atoms with Crippen molar-refractivity contribution in [3.05, 3.63) is 46.1 Å². The molecule has 3 heterocycles. The van der Waals surface area contributed by atoms with Gasteiger partial charge in [-0.1, -0.05) is 55.9 Å². The summed E-state index contributed by atoms with van der Waals surface area (Å²) in [6, 6.07) is 8.90. The Balaban J connectivity index is 1.78. The summed E-state index contributed by atoms with van der Waals surface area (Å²) >= 11 is 1.56. The summed E-state index contributed by atoms with van der Waals surface area (Å²) in [5.41, 5.74) is 2.57. The van der Waals surface area contributed by atoms with Crippen molar-refractivity contribution in [3.63, 3.8) is 0 Å². The van der Waals surface area contributed by atoms with E-state index in [1.165, 1.54) is 30.4 Å². The lowest BCUT2D eigenvalue weighted by molar-refractivity contribution is 0.186. The summed E-state index contributed by atoms with van der Waals surface area (Å²) in [6.45, 7) is 6.33. The highest BCUT2D eigenvalue weighted by atomic mass is 32.1. The van der Waals surface area contributed by atoms with Crippen LogP contribution in [0.25, 0.3) is 4.96 Å². The van der Waals surface area contributed by atoms with Crippen molar-refractivity contribution < 1.29 is 5.11 Å². The van der Waals surface area contributed by atoms with E-state index in [0.29, 0.717) is 0 Å². The Morgan fingerprint density at radius 1 is 1.08 bits per heavy atom. The minimum absolute atomic E-state index is 0.0692. The summed E-state index contributed by atoms with van der Waals surface area (Å²) in [4.78, 5) is 8.78. The molecule has 0 amide bonds. The molecule has 0 unspecified atom stereocenters. The fraction of sp³-hybridized carbons (Fsp3) is 0.500. The summed E-state index contributed by atoms with van der Waals surface area (Å²) in [6.07, 6.45) is 5.53. The van der Waals surface area contributed by atoms with Crippen molar-refractivity contribution in [1.82, 2.24) is 19.5 Å². The molecule has 5 nitrogen and oxygen atoms in total. The van der Waals surface area contributed by atoms with E-state index in [0.717, 1.165) is 41.6 Å². The number of nitrogens with zero attached hydrogens (tertiary/aromatic N) is 4. The van der Waals surface area contributed by atoms with Gasteiger partial charge in [0.05, 0.1) is 10.9 Å². The number of hydrogen-bond acceptors (Lipinski definition) is 5. The first-order valence-corrected chi connectivity index (χ1v) is 10.4. The van der Waals surface area contributed by atoms with Crippen molar-refractivity contribution in [1.29, 1.82) is 0 Å². The van der Waals surface area contributed by atoms with Crippen LogP contribution >= 0.6 is 11.3 Å². The van der Waals surface area contributed by atoms with E-state index in [9.17, 15) is 5.11 Å². The number of aromatic nitrogens is 3. The monoisotopic (exact) mass is 370 g/mol. The molecule has 4 rings (SSSR count). The number of aryl methyl sites for hydroxylation is 2. The fourth-order valence-electron chi connectivity index (χ4n) is 3.76. The molecular formula is C20H26N4OS. The molecule has 1 atom stereocenters. The van der Waals surface area contributed by atoms with Crippen LogP contribution in [0.15, 0.2) is 24.3 Å². The molecule has 1 saturated heterocycles. The zero-order chi connectivity index (χ0) is 18.1. The van der Waals surface area contributed by atoms with Crippen LogP contribution in [0.1, 0.15) is 61.0 Å². The Kier molecular flexibility index (Phi) is 4.96. The van der Waals surface area contributed by atoms with Crippen LogP contribution < -0.4 is 0 Å². The molecule has 138 valence electrons. The molecule has 3 aromatic rings. The highest BCUT2D eigenvalue weighted by Gasteiger charge is 2.30. The van der Waals surface area contributed by atoms with Crippen molar-refractivity contribution in [3.8, 4) is 5.88 Å². The second kappa shape index (κ2) is 7.37. The maximum atomic E-state index is 10.9. The number of hydrogen-bond donors (Lipinski definition) is 1. The summed E-state index contributed by atoms with van der Waals surface area (Å²) in [5, 5.41) is 15.4. The highest BCUT2D eigenvalue weighted by molar-refractivity contribution is 7.17. The van der Waals surface area contributed by atoms with Gasteiger partial charge in [-0.15, -0.1) is 5.10 Å². The Labute approximate surface area is 158 Å². The molecule has 1 aromatic carbocycles. The molecule has 0 saturated carbocycles. The summed E-state index contributed by atoms with van der Waals surface area (Å²) in [5.74, 6) is 1.02. The molecule has 0 spiro atoms. The lowest BCUT2D eigenvalue weighted by atomic mass is 9.99. The van der Waals surface area contributed by atoms with Gasteiger partial charge in [-0.2, -0.15) is 4.52 Å². The second-order valence-electron chi connectivity index (χ2n) is 6.96. The molecule has 1 aliphatic heterocycles. The molecule has 0 aliphatic carbocycles. The number of aromatic hydroxyl groups is 1. The standard InChI is InChI=1S/C20H26N4OS/c1-3-14-8-10-15(11-9-14)17(23-12-6-5-7-13-23)18-19(25)24-20(26-18)21-16(4-2)22-24/h8-11,17,25H,3-7,12-13H2,1-2H3/t17-/m0/s1. The van der Waals surface area contributed by atoms with Crippen LogP contribution in [0.5, 0.6) is 5.88 Å². The first-order valence-electron chi connectivity index (χ1n) is 9.61. The lowest BCUT2D eigenvalue weighted by Gasteiger charge is -2.34. The number of rotatable bonds is 5. The number of likely N-dealkylation sites (tertiary alicyclic amines) is 1. The van der Waals surface area contributed by atoms with Crippen LogP contribution in [0.2, 0.25) is 0 Å². The zero-order valence-corrected chi connectivity index (χ0v) is 16.3. The largest absolute Gasteiger partial charge is 0.492 e. The number of fused-ring (bicyclic) bond motifs is 1. The van der Waals surface area contributed by atoms with Gasteiger partial charge in [0.1, 0.15) is 0 Å². The first kappa shape index (κ1) is 17.5. The number of piperidine rings is 1. The molecular weight excluding hydrogens is 344 g/mol. The Morgan fingerprint density at radius 3 is 2.42 bits per heavy atom. The molecule has 0 radical (unpaired) electrons. The van der Waals surface area contributed by atoms with Crippen LogP contribution in [-0.4, -0.2) is 37.7 Å². The average molecular weight is 371 g/mol. The van der Waals surface area contributed by atoms with Crippen molar-refractivity contribution >= 4 is 16.3 Å². The quantitative estimate of drug-likeness (QED) is 0.731. The Hall–Kier alpha value is -1.92. The molecule has 2 aromatic heterocycles. The highest BCUT2D eigenvalue weighted by Crippen LogP contribution is 2.40. The van der Waals surface area contributed by atoms with Crippen LogP contribution in [-0.2, 0) is 12.8 Å². The lowest BCUT2D eigenvalue weighted by Crippen LogP contribution is -2.34. The van der Waals surface area contributed by atoms with E-state index in [2.05, 4.69) is 46.2 Å². The summed E-state index contributed by atoms with van der Waals surface area (Å²) < 4.78 is 1.61. The van der Waals surface area contributed by atoms with Crippen molar-refractivity contribution in [2.75, 3.05) is 13.1 Å². The van der Waals surface area contributed by atoms with Crippen LogP contribution in [0, 0.1) is 0 Å². The van der Waals surface area contributed by atoms with Gasteiger partial charge in [-0.3, -0.25) is 4.90 Å². The normalized spacial score (nSPS) is 17.0. The van der Waals surface area contributed by atoms with Gasteiger partial charge in [-0.25, -0.2) is 4.98 Å². The Morgan fingerprint density at radius 2 is 1.81 bits per heavy atom. The van der Waals surface area contributed by atoms with Crippen molar-refractivity contribution in [2.45, 2.75) is 52.0 Å². The van der Waals surface area contributed by atoms with Gasteiger partial charge in [0.2, 0.25) is 10.8 Å². The van der Waals surface area contributed by atoms with Gasteiger partial charge in [-0.05, 0) is 43.5 Å². The maximum absolute atomic E-state index is 10.9. The second-order valence-corrected chi connectivity index (χ2v) is 7.97. The zero-order valence-electron chi connectivity index (χ0n) is 15.5. The molecule has 1 fully saturated rings. The van der Waals surface area contributed by atoms with Gasteiger partial charge in [0.25, 0.3) is 0 Å². The van der Waals surface area contributed by atoms with E-state index in [1.54, 1.807) is 15.9 Å². The number of benzene rings is 1. The van der Waals surface area contributed by atoms with E-state index in [4.69, 9.17) is 0 Å². The van der Waals surface area contributed by atoms with Crippen LogP contribution in [0.3, 0.4) is 0 Å². The van der Waals surface area contributed by atoms with Gasteiger partial charge < -0.3 is 5.11 Å². The minimum Gasteiger partial charge on any atom is -0.492 e. The maximum Gasteiger partial charge on any atom is 0.230 e. The minimum atomic E-state index is 0.0692. The van der Waals surface area contributed by atoms with E-state index in [-0.39, 0.29) is 11.9 Å².